The lowest BCUT2D eigenvalue weighted by Gasteiger charge is -2.33. The number of benzene rings is 2. The maximum atomic E-state index is 14.8. The highest BCUT2D eigenvalue weighted by molar-refractivity contribution is 5.75. The van der Waals surface area contributed by atoms with E-state index in [9.17, 15) is 4.39 Å². The fraction of sp³-hybridized carbons (Fsp3) is 0.296. The van der Waals surface area contributed by atoms with Gasteiger partial charge in [-0.05, 0) is 79.8 Å². The van der Waals surface area contributed by atoms with Crippen LogP contribution in [-0.2, 0) is 6.54 Å². The number of halogens is 1. The van der Waals surface area contributed by atoms with E-state index in [0.29, 0.717) is 11.6 Å². The first kappa shape index (κ1) is 20.5. The summed E-state index contributed by atoms with van der Waals surface area (Å²) in [6.07, 6.45) is 9.32. The maximum absolute atomic E-state index is 14.8. The van der Waals surface area contributed by atoms with Gasteiger partial charge in [0.15, 0.2) is 0 Å². The summed E-state index contributed by atoms with van der Waals surface area (Å²) in [5, 5.41) is 0. The molecule has 0 spiro atoms. The summed E-state index contributed by atoms with van der Waals surface area (Å²) in [4.78, 5) is 6.95. The van der Waals surface area contributed by atoms with Crippen LogP contribution >= 0.6 is 0 Å². The Hall–Kier alpha value is -2.78. The van der Waals surface area contributed by atoms with Gasteiger partial charge in [-0.1, -0.05) is 48.9 Å². The van der Waals surface area contributed by atoms with E-state index in [1.807, 2.05) is 54.7 Å². The Morgan fingerprint density at radius 3 is 2.67 bits per heavy atom. The van der Waals surface area contributed by atoms with Crippen LogP contribution in [0.15, 0.2) is 60.8 Å². The van der Waals surface area contributed by atoms with Crippen LogP contribution in [0.25, 0.3) is 23.3 Å². The third-order valence-electron chi connectivity index (χ3n) is 6.14. The molecule has 0 unspecified atom stereocenters. The fourth-order valence-electron chi connectivity index (χ4n) is 4.25. The molecule has 3 heteroatoms. The van der Waals surface area contributed by atoms with Gasteiger partial charge in [0.25, 0.3) is 0 Å². The van der Waals surface area contributed by atoms with Crippen LogP contribution in [0.1, 0.15) is 48.6 Å². The van der Waals surface area contributed by atoms with E-state index in [1.165, 1.54) is 19.3 Å². The van der Waals surface area contributed by atoms with Gasteiger partial charge < -0.3 is 0 Å². The molecule has 1 aliphatic rings. The van der Waals surface area contributed by atoms with Gasteiger partial charge in [0.05, 0.1) is 5.69 Å². The highest BCUT2D eigenvalue weighted by atomic mass is 19.1. The number of pyridine rings is 1. The van der Waals surface area contributed by atoms with E-state index in [0.717, 1.165) is 41.0 Å². The van der Waals surface area contributed by atoms with E-state index in [1.54, 1.807) is 6.07 Å². The van der Waals surface area contributed by atoms with E-state index in [2.05, 4.69) is 35.9 Å². The summed E-state index contributed by atoms with van der Waals surface area (Å²) in [6.45, 7) is 6.26. The number of piperidine rings is 1. The second kappa shape index (κ2) is 9.36. The standard InChI is InChI=1S/C27H29FN2/c1-20-8-6-7-17-30(20)19-22-11-12-24(26(28)18-22)13-14-27-21(2)25(15-16-29-27)23-9-4-3-5-10-23/h3-5,9-16,18,20H,6-8,17,19H2,1-2H3/b14-13+/t20-/m1/s1. The second-order valence-corrected chi connectivity index (χ2v) is 8.24. The highest BCUT2D eigenvalue weighted by Crippen LogP contribution is 2.26. The third kappa shape index (κ3) is 4.68. The van der Waals surface area contributed by atoms with Crippen molar-refractivity contribution < 1.29 is 4.39 Å². The molecular weight excluding hydrogens is 371 g/mol. The van der Waals surface area contributed by atoms with Gasteiger partial charge in [-0.15, -0.1) is 0 Å². The zero-order chi connectivity index (χ0) is 20.9. The molecule has 1 aromatic heterocycles. The third-order valence-corrected chi connectivity index (χ3v) is 6.14. The molecule has 1 aliphatic heterocycles. The SMILES string of the molecule is Cc1c(-c2ccccc2)ccnc1/C=C/c1ccc(CN2CCCC[C@H]2C)cc1F. The molecule has 0 saturated carbocycles. The normalized spacial score (nSPS) is 17.5. The number of nitrogens with zero attached hydrogens (tertiary/aromatic N) is 2. The molecule has 1 atom stereocenters. The van der Waals surface area contributed by atoms with Crippen molar-refractivity contribution in [3.8, 4) is 11.1 Å². The van der Waals surface area contributed by atoms with Crippen molar-refractivity contribution in [2.45, 2.75) is 45.7 Å². The highest BCUT2D eigenvalue weighted by Gasteiger charge is 2.18. The lowest BCUT2D eigenvalue weighted by molar-refractivity contribution is 0.152. The number of rotatable bonds is 5. The molecule has 0 radical (unpaired) electrons. The summed E-state index contributed by atoms with van der Waals surface area (Å²) < 4.78 is 14.8. The van der Waals surface area contributed by atoms with E-state index in [4.69, 9.17) is 0 Å². The molecule has 0 bridgehead atoms. The smallest absolute Gasteiger partial charge is 0.130 e. The minimum atomic E-state index is -0.176. The summed E-state index contributed by atoms with van der Waals surface area (Å²) in [7, 11) is 0. The average Bonchev–Trinajstić information content (AvgIpc) is 2.76. The lowest BCUT2D eigenvalue weighted by Crippen LogP contribution is -2.36. The minimum Gasteiger partial charge on any atom is -0.296 e. The number of aromatic nitrogens is 1. The Morgan fingerprint density at radius 1 is 1.07 bits per heavy atom. The molecule has 154 valence electrons. The zero-order valence-electron chi connectivity index (χ0n) is 17.8. The Bertz CT molecular complexity index is 1030. The number of hydrogen-bond acceptors (Lipinski definition) is 2. The van der Waals surface area contributed by atoms with Gasteiger partial charge in [-0.3, -0.25) is 9.88 Å². The van der Waals surface area contributed by atoms with Crippen LogP contribution < -0.4 is 0 Å². The molecule has 2 aromatic carbocycles. The van der Waals surface area contributed by atoms with Crippen molar-refractivity contribution in [1.82, 2.24) is 9.88 Å². The summed E-state index contributed by atoms with van der Waals surface area (Å²) in [5.74, 6) is -0.176. The van der Waals surface area contributed by atoms with Crippen LogP contribution in [0, 0.1) is 12.7 Å². The van der Waals surface area contributed by atoms with Gasteiger partial charge in [0, 0.05) is 24.3 Å². The van der Waals surface area contributed by atoms with Crippen molar-refractivity contribution >= 4 is 12.2 Å². The predicted molar refractivity (Wildman–Crippen MR) is 123 cm³/mol. The van der Waals surface area contributed by atoms with Crippen molar-refractivity contribution in [1.29, 1.82) is 0 Å². The van der Waals surface area contributed by atoms with Crippen molar-refractivity contribution in [2.75, 3.05) is 6.54 Å². The summed E-state index contributed by atoms with van der Waals surface area (Å²) in [5.41, 5.74) is 5.90. The summed E-state index contributed by atoms with van der Waals surface area (Å²) >= 11 is 0. The molecule has 3 aromatic rings. The van der Waals surface area contributed by atoms with Crippen LogP contribution in [0.4, 0.5) is 4.39 Å². The first-order chi connectivity index (χ1) is 14.6. The largest absolute Gasteiger partial charge is 0.296 e. The fourth-order valence-corrected chi connectivity index (χ4v) is 4.25. The Morgan fingerprint density at radius 2 is 1.90 bits per heavy atom. The quantitative estimate of drug-likeness (QED) is 0.471. The lowest BCUT2D eigenvalue weighted by atomic mass is 9.99. The molecule has 4 rings (SSSR count). The van der Waals surface area contributed by atoms with Gasteiger partial charge in [0.2, 0.25) is 0 Å². The van der Waals surface area contributed by atoms with Crippen LogP contribution in [0.5, 0.6) is 0 Å². The van der Waals surface area contributed by atoms with E-state index in [-0.39, 0.29) is 5.82 Å². The van der Waals surface area contributed by atoms with Crippen molar-refractivity contribution in [3.63, 3.8) is 0 Å². The van der Waals surface area contributed by atoms with Gasteiger partial charge in [-0.2, -0.15) is 0 Å². The predicted octanol–water partition coefficient (Wildman–Crippen LogP) is 6.74. The van der Waals surface area contributed by atoms with Crippen LogP contribution in [0.2, 0.25) is 0 Å². The topological polar surface area (TPSA) is 16.1 Å². The molecule has 0 aliphatic carbocycles. The second-order valence-electron chi connectivity index (χ2n) is 8.24. The Labute approximate surface area is 179 Å². The first-order valence-corrected chi connectivity index (χ1v) is 10.8. The van der Waals surface area contributed by atoms with Crippen LogP contribution in [-0.4, -0.2) is 22.5 Å². The molecule has 1 fully saturated rings. The molecular formula is C27H29FN2. The summed E-state index contributed by atoms with van der Waals surface area (Å²) in [6, 6.07) is 18.5. The van der Waals surface area contributed by atoms with Gasteiger partial charge >= 0.3 is 0 Å². The van der Waals surface area contributed by atoms with Crippen LogP contribution in [0.3, 0.4) is 0 Å². The molecule has 1 saturated heterocycles. The Kier molecular flexibility index (Phi) is 6.39. The minimum absolute atomic E-state index is 0.176. The maximum Gasteiger partial charge on any atom is 0.130 e. The van der Waals surface area contributed by atoms with Gasteiger partial charge in [-0.25, -0.2) is 4.39 Å². The van der Waals surface area contributed by atoms with Gasteiger partial charge in [0.1, 0.15) is 5.82 Å². The molecule has 0 amide bonds. The Balaban J connectivity index is 1.52. The number of likely N-dealkylation sites (tertiary alicyclic amines) is 1. The van der Waals surface area contributed by atoms with Crippen molar-refractivity contribution in [2.24, 2.45) is 0 Å². The first-order valence-electron chi connectivity index (χ1n) is 10.8. The van der Waals surface area contributed by atoms with Crippen molar-refractivity contribution in [3.05, 3.63) is 89.0 Å². The van der Waals surface area contributed by atoms with E-state index < -0.39 is 0 Å². The molecule has 30 heavy (non-hydrogen) atoms. The number of hydrogen-bond donors (Lipinski definition) is 0. The molecule has 2 heterocycles. The average molecular weight is 401 g/mol. The zero-order valence-corrected chi connectivity index (χ0v) is 17.8. The van der Waals surface area contributed by atoms with E-state index >= 15 is 0 Å². The molecule has 0 N–H and O–H groups in total. The monoisotopic (exact) mass is 400 g/mol. The molecule has 2 nitrogen and oxygen atoms in total.